The Labute approximate surface area is 94.2 Å². The van der Waals surface area contributed by atoms with Crippen LogP contribution in [0.2, 0.25) is 0 Å². The first-order chi connectivity index (χ1) is 7.66. The second kappa shape index (κ2) is 4.47. The van der Waals surface area contributed by atoms with E-state index in [2.05, 4.69) is 16.6 Å². The van der Waals surface area contributed by atoms with E-state index >= 15 is 0 Å². The van der Waals surface area contributed by atoms with Gasteiger partial charge in [-0.3, -0.25) is 9.59 Å². The van der Waals surface area contributed by atoms with Crippen LogP contribution in [-0.2, 0) is 9.59 Å². The lowest BCUT2D eigenvalue weighted by molar-refractivity contribution is -0.124. The quantitative estimate of drug-likeness (QED) is 0.653. The third-order valence-corrected chi connectivity index (χ3v) is 2.77. The second-order valence-corrected chi connectivity index (χ2v) is 4.16. The number of nitrogens with one attached hydrogen (secondary N) is 1. The molecule has 2 aliphatic rings. The van der Waals surface area contributed by atoms with Crippen LogP contribution in [0.4, 0.5) is 0 Å². The van der Waals surface area contributed by atoms with Crippen molar-refractivity contribution in [2.75, 3.05) is 13.1 Å². The van der Waals surface area contributed by atoms with Gasteiger partial charge in [-0.15, -0.1) is 0 Å². The summed E-state index contributed by atoms with van der Waals surface area (Å²) in [5, 5.41) is 3.82. The van der Waals surface area contributed by atoms with Crippen LogP contribution in [0, 0.1) is 0 Å². The molecule has 0 aromatic heterocycles. The summed E-state index contributed by atoms with van der Waals surface area (Å²) < 4.78 is 0. The Morgan fingerprint density at radius 1 is 1.50 bits per heavy atom. The van der Waals surface area contributed by atoms with E-state index in [4.69, 9.17) is 0 Å². The minimum Gasteiger partial charge on any atom is -0.333 e. The molecule has 0 spiro atoms. The van der Waals surface area contributed by atoms with Crippen LogP contribution in [0.1, 0.15) is 26.2 Å². The van der Waals surface area contributed by atoms with E-state index < -0.39 is 0 Å². The summed E-state index contributed by atoms with van der Waals surface area (Å²) in [7, 11) is 0. The van der Waals surface area contributed by atoms with E-state index in [1.54, 1.807) is 4.90 Å². The molecule has 2 rings (SSSR count). The van der Waals surface area contributed by atoms with Crippen LogP contribution in [0.5, 0.6) is 0 Å². The fraction of sp³-hybridized carbons (Fsp3) is 0.545. The maximum atomic E-state index is 12.0. The predicted octanol–water partition coefficient (Wildman–Crippen LogP) is 0.431. The number of hydrogen-bond donors (Lipinski definition) is 1. The average molecular weight is 221 g/mol. The van der Waals surface area contributed by atoms with Gasteiger partial charge in [0.25, 0.3) is 5.91 Å². The highest BCUT2D eigenvalue weighted by molar-refractivity contribution is 6.39. The van der Waals surface area contributed by atoms with Crippen molar-refractivity contribution in [1.29, 1.82) is 0 Å². The highest BCUT2D eigenvalue weighted by Crippen LogP contribution is 2.11. The Morgan fingerprint density at radius 2 is 2.31 bits per heavy atom. The number of carbonyl (C=O) groups is 2. The molecule has 0 radical (unpaired) electrons. The molecule has 0 aromatic carbocycles. The van der Waals surface area contributed by atoms with Gasteiger partial charge in [-0.25, -0.2) is 5.43 Å². The number of rotatable bonds is 1. The maximum Gasteiger partial charge on any atom is 0.270 e. The lowest BCUT2D eigenvalue weighted by atomic mass is 10.1. The standard InChI is InChI=1S/C11H15N3O2/c1-8-3-2-6-14(7-8)11(16)9-4-5-10(15)13-12-9/h3H,2,4-7H2,1H3,(H,13,15). The molecular formula is C11H15N3O2. The summed E-state index contributed by atoms with van der Waals surface area (Å²) in [6.45, 7) is 3.43. The average Bonchev–Trinajstić information content (AvgIpc) is 2.29. The molecule has 0 saturated heterocycles. The Kier molecular flexibility index (Phi) is 3.03. The van der Waals surface area contributed by atoms with Gasteiger partial charge in [0.2, 0.25) is 5.91 Å². The number of hydrogen-bond acceptors (Lipinski definition) is 3. The van der Waals surface area contributed by atoms with Gasteiger partial charge in [0.15, 0.2) is 0 Å². The summed E-state index contributed by atoms with van der Waals surface area (Å²) in [6.07, 6.45) is 3.85. The van der Waals surface area contributed by atoms with Gasteiger partial charge in [-0.05, 0) is 13.3 Å². The van der Waals surface area contributed by atoms with Gasteiger partial charge < -0.3 is 4.90 Å². The Balaban J connectivity index is 2.03. The second-order valence-electron chi connectivity index (χ2n) is 4.16. The zero-order chi connectivity index (χ0) is 11.5. The zero-order valence-electron chi connectivity index (χ0n) is 9.32. The molecule has 0 fully saturated rings. The first kappa shape index (κ1) is 10.9. The lowest BCUT2D eigenvalue weighted by Crippen LogP contribution is -2.42. The van der Waals surface area contributed by atoms with Crippen molar-refractivity contribution in [3.8, 4) is 0 Å². The smallest absolute Gasteiger partial charge is 0.270 e. The molecule has 2 heterocycles. The molecule has 5 heteroatoms. The number of nitrogens with zero attached hydrogens (tertiary/aromatic N) is 2. The van der Waals surface area contributed by atoms with E-state index in [1.807, 2.05) is 6.92 Å². The van der Waals surface area contributed by atoms with E-state index in [9.17, 15) is 9.59 Å². The van der Waals surface area contributed by atoms with Crippen LogP contribution >= 0.6 is 0 Å². The highest BCUT2D eigenvalue weighted by Gasteiger charge is 2.24. The van der Waals surface area contributed by atoms with E-state index in [-0.39, 0.29) is 11.8 Å². The molecule has 86 valence electrons. The van der Waals surface area contributed by atoms with Crippen molar-refractivity contribution in [2.45, 2.75) is 26.2 Å². The van der Waals surface area contributed by atoms with Crippen LogP contribution in [-0.4, -0.2) is 35.5 Å². The summed E-state index contributed by atoms with van der Waals surface area (Å²) in [6, 6.07) is 0. The number of hydrazone groups is 1. The predicted molar refractivity (Wildman–Crippen MR) is 59.8 cm³/mol. The van der Waals surface area contributed by atoms with E-state index in [0.717, 1.165) is 13.0 Å². The first-order valence-corrected chi connectivity index (χ1v) is 5.47. The van der Waals surface area contributed by atoms with Crippen molar-refractivity contribution in [3.05, 3.63) is 11.6 Å². The lowest BCUT2D eigenvalue weighted by Gasteiger charge is -2.27. The van der Waals surface area contributed by atoms with Crippen molar-refractivity contribution in [3.63, 3.8) is 0 Å². The number of carbonyl (C=O) groups excluding carboxylic acids is 2. The summed E-state index contributed by atoms with van der Waals surface area (Å²) in [5.74, 6) is -0.168. The molecular weight excluding hydrogens is 206 g/mol. The monoisotopic (exact) mass is 221 g/mol. The zero-order valence-corrected chi connectivity index (χ0v) is 9.32. The first-order valence-electron chi connectivity index (χ1n) is 5.47. The van der Waals surface area contributed by atoms with E-state index in [0.29, 0.717) is 25.1 Å². The van der Waals surface area contributed by atoms with Gasteiger partial charge in [-0.1, -0.05) is 11.6 Å². The van der Waals surface area contributed by atoms with Gasteiger partial charge in [0, 0.05) is 25.9 Å². The third-order valence-electron chi connectivity index (χ3n) is 2.77. The fourth-order valence-electron chi connectivity index (χ4n) is 1.90. The maximum absolute atomic E-state index is 12.0. The highest BCUT2D eigenvalue weighted by atomic mass is 16.2. The molecule has 0 saturated carbocycles. The molecule has 1 N–H and O–H groups in total. The minimum atomic E-state index is -0.119. The van der Waals surface area contributed by atoms with Crippen LogP contribution in [0.3, 0.4) is 0 Å². The molecule has 2 aliphatic heterocycles. The third kappa shape index (κ3) is 2.29. The van der Waals surface area contributed by atoms with Crippen molar-refractivity contribution < 1.29 is 9.59 Å². The van der Waals surface area contributed by atoms with Crippen LogP contribution in [0.15, 0.2) is 16.8 Å². The molecule has 0 aliphatic carbocycles. The van der Waals surface area contributed by atoms with Crippen molar-refractivity contribution >= 4 is 17.5 Å². The molecule has 0 unspecified atom stereocenters. The minimum absolute atomic E-state index is 0.0487. The Morgan fingerprint density at radius 3 is 2.94 bits per heavy atom. The fourth-order valence-corrected chi connectivity index (χ4v) is 1.90. The van der Waals surface area contributed by atoms with E-state index in [1.165, 1.54) is 5.57 Å². The summed E-state index contributed by atoms with van der Waals surface area (Å²) in [5.41, 5.74) is 4.03. The van der Waals surface area contributed by atoms with Crippen LogP contribution < -0.4 is 5.43 Å². The SMILES string of the molecule is CC1=CCCN(C(=O)C2=NNC(=O)CC2)C1. The molecule has 5 nitrogen and oxygen atoms in total. The van der Waals surface area contributed by atoms with Crippen LogP contribution in [0.25, 0.3) is 0 Å². The Hall–Kier alpha value is -1.65. The summed E-state index contributed by atoms with van der Waals surface area (Å²) >= 11 is 0. The molecule has 0 bridgehead atoms. The molecule has 0 atom stereocenters. The van der Waals surface area contributed by atoms with Crippen molar-refractivity contribution in [2.24, 2.45) is 5.10 Å². The van der Waals surface area contributed by atoms with Crippen molar-refractivity contribution in [1.82, 2.24) is 10.3 Å². The van der Waals surface area contributed by atoms with Gasteiger partial charge in [0.1, 0.15) is 5.71 Å². The molecule has 16 heavy (non-hydrogen) atoms. The molecule has 2 amide bonds. The largest absolute Gasteiger partial charge is 0.333 e. The van der Waals surface area contributed by atoms with Gasteiger partial charge in [0.05, 0.1) is 0 Å². The van der Waals surface area contributed by atoms with Gasteiger partial charge in [-0.2, -0.15) is 5.10 Å². The van der Waals surface area contributed by atoms with Gasteiger partial charge >= 0.3 is 0 Å². The Bertz CT molecular complexity index is 385. The molecule has 0 aromatic rings. The normalized spacial score (nSPS) is 21.1. The summed E-state index contributed by atoms with van der Waals surface area (Å²) in [4.78, 5) is 24.7. The topological polar surface area (TPSA) is 61.8 Å². The number of amides is 2.